The molecule has 1 aliphatic rings. The van der Waals surface area contributed by atoms with Gasteiger partial charge in [-0.1, -0.05) is 55.7 Å². The van der Waals surface area contributed by atoms with Gasteiger partial charge in [0.05, 0.1) is 7.11 Å². The molecule has 0 radical (unpaired) electrons. The molecule has 0 spiro atoms. The van der Waals surface area contributed by atoms with Gasteiger partial charge >= 0.3 is 11.6 Å². The SMILES string of the molecule is COc1cccc2cc(C(=O)OCC(=O)c3ccc(C4CCCCC4)cc3)c(=O)oc12. The van der Waals surface area contributed by atoms with Crippen molar-refractivity contribution in [3.8, 4) is 5.75 Å². The summed E-state index contributed by atoms with van der Waals surface area (Å²) < 4.78 is 15.5. The summed E-state index contributed by atoms with van der Waals surface area (Å²) in [6.45, 7) is -0.447. The molecule has 0 N–H and O–H groups in total. The molecule has 1 aromatic heterocycles. The van der Waals surface area contributed by atoms with Gasteiger partial charge in [0.1, 0.15) is 5.56 Å². The van der Waals surface area contributed by atoms with Crippen LogP contribution in [0.25, 0.3) is 11.0 Å². The highest BCUT2D eigenvalue weighted by atomic mass is 16.5. The van der Waals surface area contributed by atoms with Crippen LogP contribution in [0.1, 0.15) is 64.3 Å². The number of rotatable bonds is 6. The lowest BCUT2D eigenvalue weighted by Crippen LogP contribution is -2.20. The van der Waals surface area contributed by atoms with Crippen LogP contribution in [0.4, 0.5) is 0 Å². The Balaban J connectivity index is 1.43. The maximum atomic E-state index is 12.5. The van der Waals surface area contributed by atoms with E-state index in [1.165, 1.54) is 50.8 Å². The van der Waals surface area contributed by atoms with E-state index in [2.05, 4.69) is 0 Å². The van der Waals surface area contributed by atoms with Crippen LogP contribution in [0, 0.1) is 0 Å². The Morgan fingerprint density at radius 3 is 2.48 bits per heavy atom. The Kier molecular flexibility index (Phi) is 6.16. The third kappa shape index (κ3) is 4.53. The molecule has 0 atom stereocenters. The van der Waals surface area contributed by atoms with Crippen molar-refractivity contribution in [2.24, 2.45) is 0 Å². The average Bonchev–Trinajstić information content (AvgIpc) is 2.82. The third-order valence-electron chi connectivity index (χ3n) is 5.81. The number of benzene rings is 2. The van der Waals surface area contributed by atoms with Gasteiger partial charge in [-0.3, -0.25) is 4.79 Å². The Hall–Kier alpha value is -3.41. The maximum absolute atomic E-state index is 12.5. The fourth-order valence-corrected chi connectivity index (χ4v) is 4.09. The Morgan fingerprint density at radius 2 is 1.77 bits per heavy atom. The first kappa shape index (κ1) is 20.8. The van der Waals surface area contributed by atoms with Crippen LogP contribution in [0.5, 0.6) is 5.75 Å². The molecule has 0 bridgehead atoms. The van der Waals surface area contributed by atoms with Gasteiger partial charge < -0.3 is 13.9 Å². The first-order chi connectivity index (χ1) is 15.1. The molecule has 0 saturated heterocycles. The second-order valence-corrected chi connectivity index (χ2v) is 7.78. The van der Waals surface area contributed by atoms with Crippen molar-refractivity contribution in [2.45, 2.75) is 38.0 Å². The summed E-state index contributed by atoms with van der Waals surface area (Å²) in [5.74, 6) is -0.274. The highest BCUT2D eigenvalue weighted by Gasteiger charge is 2.19. The fraction of sp³-hybridized carbons (Fsp3) is 0.320. The average molecular weight is 420 g/mol. The maximum Gasteiger partial charge on any atom is 0.351 e. The molecule has 4 rings (SSSR count). The first-order valence-corrected chi connectivity index (χ1v) is 10.5. The van der Waals surface area contributed by atoms with Crippen LogP contribution in [-0.4, -0.2) is 25.5 Å². The number of fused-ring (bicyclic) bond motifs is 1. The lowest BCUT2D eigenvalue weighted by molar-refractivity contribution is 0.0470. The molecule has 6 heteroatoms. The van der Waals surface area contributed by atoms with Gasteiger partial charge in [-0.15, -0.1) is 0 Å². The summed E-state index contributed by atoms with van der Waals surface area (Å²) in [4.78, 5) is 37.1. The minimum Gasteiger partial charge on any atom is -0.493 e. The van der Waals surface area contributed by atoms with E-state index in [9.17, 15) is 14.4 Å². The van der Waals surface area contributed by atoms with Crippen LogP contribution in [-0.2, 0) is 4.74 Å². The number of esters is 1. The number of hydrogen-bond acceptors (Lipinski definition) is 6. The lowest BCUT2D eigenvalue weighted by atomic mass is 9.84. The summed E-state index contributed by atoms with van der Waals surface area (Å²) in [5.41, 5.74) is 0.869. The number of carbonyl (C=O) groups excluding carboxylic acids is 2. The quantitative estimate of drug-likeness (QED) is 0.321. The molecule has 2 aromatic carbocycles. The van der Waals surface area contributed by atoms with Crippen LogP contribution >= 0.6 is 0 Å². The van der Waals surface area contributed by atoms with Crippen molar-refractivity contribution in [2.75, 3.05) is 13.7 Å². The molecule has 0 amide bonds. The number of methoxy groups -OCH3 is 1. The molecular weight excluding hydrogens is 396 g/mol. The Bertz CT molecular complexity index is 1150. The number of ketones is 1. The molecule has 1 fully saturated rings. The highest BCUT2D eigenvalue weighted by molar-refractivity contribution is 6.00. The van der Waals surface area contributed by atoms with Crippen molar-refractivity contribution in [1.82, 2.24) is 0 Å². The van der Waals surface area contributed by atoms with Crippen LogP contribution in [0.3, 0.4) is 0 Å². The Labute approximate surface area is 179 Å². The molecule has 0 unspecified atom stereocenters. The molecule has 31 heavy (non-hydrogen) atoms. The lowest BCUT2D eigenvalue weighted by Gasteiger charge is -2.22. The number of hydrogen-bond donors (Lipinski definition) is 0. The third-order valence-corrected chi connectivity index (χ3v) is 5.81. The van der Waals surface area contributed by atoms with Crippen molar-refractivity contribution >= 4 is 22.7 Å². The van der Waals surface area contributed by atoms with Gasteiger partial charge in [-0.05, 0) is 36.5 Å². The molecule has 1 saturated carbocycles. The summed E-state index contributed by atoms with van der Waals surface area (Å²) >= 11 is 0. The van der Waals surface area contributed by atoms with Crippen LogP contribution in [0.2, 0.25) is 0 Å². The van der Waals surface area contributed by atoms with Crippen molar-refractivity contribution in [1.29, 1.82) is 0 Å². The zero-order chi connectivity index (χ0) is 21.8. The summed E-state index contributed by atoms with van der Waals surface area (Å²) in [5, 5.41) is 0.524. The molecule has 3 aromatic rings. The zero-order valence-electron chi connectivity index (χ0n) is 17.4. The van der Waals surface area contributed by atoms with Gasteiger partial charge in [0.15, 0.2) is 23.7 Å². The van der Waals surface area contributed by atoms with E-state index in [1.54, 1.807) is 30.3 Å². The number of carbonyl (C=O) groups is 2. The Morgan fingerprint density at radius 1 is 1.03 bits per heavy atom. The normalized spacial score (nSPS) is 14.4. The summed E-state index contributed by atoms with van der Waals surface area (Å²) in [6, 6.07) is 14.0. The van der Waals surface area contributed by atoms with Gasteiger partial charge in [0.2, 0.25) is 0 Å². The van der Waals surface area contributed by atoms with E-state index in [0.717, 1.165) is 0 Å². The largest absolute Gasteiger partial charge is 0.493 e. The predicted octanol–water partition coefficient (Wildman–Crippen LogP) is 4.89. The minimum absolute atomic E-state index is 0.251. The second-order valence-electron chi connectivity index (χ2n) is 7.78. The molecular formula is C25H24O6. The van der Waals surface area contributed by atoms with E-state index in [1.807, 2.05) is 12.1 Å². The monoisotopic (exact) mass is 420 g/mol. The zero-order valence-corrected chi connectivity index (χ0v) is 17.4. The van der Waals surface area contributed by atoms with Gasteiger partial charge in [0.25, 0.3) is 0 Å². The number of ether oxygens (including phenoxy) is 2. The summed E-state index contributed by atoms with van der Waals surface area (Å²) in [6.07, 6.45) is 6.16. The van der Waals surface area contributed by atoms with Gasteiger partial charge in [0, 0.05) is 10.9 Å². The predicted molar refractivity (Wildman–Crippen MR) is 116 cm³/mol. The highest BCUT2D eigenvalue weighted by Crippen LogP contribution is 2.32. The van der Waals surface area contributed by atoms with Crippen molar-refractivity contribution in [3.05, 3.63) is 75.6 Å². The molecule has 6 nitrogen and oxygen atoms in total. The second kappa shape index (κ2) is 9.16. The fourth-order valence-electron chi connectivity index (χ4n) is 4.09. The first-order valence-electron chi connectivity index (χ1n) is 10.5. The van der Waals surface area contributed by atoms with E-state index < -0.39 is 18.2 Å². The molecule has 0 aliphatic heterocycles. The molecule has 1 aliphatic carbocycles. The van der Waals surface area contributed by atoms with Crippen molar-refractivity contribution in [3.63, 3.8) is 0 Å². The van der Waals surface area contributed by atoms with E-state index in [-0.39, 0.29) is 16.9 Å². The topological polar surface area (TPSA) is 82.8 Å². The van der Waals surface area contributed by atoms with Gasteiger partial charge in [-0.25, -0.2) is 9.59 Å². The van der Waals surface area contributed by atoms with Crippen LogP contribution < -0.4 is 10.4 Å². The standard InChI is InChI=1S/C25H24O6/c1-29-22-9-5-8-19-14-20(25(28)31-23(19)22)24(27)30-15-21(26)18-12-10-17(11-13-18)16-6-3-2-4-7-16/h5,8-14,16H,2-4,6-7,15H2,1H3. The van der Waals surface area contributed by atoms with Crippen molar-refractivity contribution < 1.29 is 23.5 Å². The van der Waals surface area contributed by atoms with E-state index in [0.29, 0.717) is 22.6 Å². The van der Waals surface area contributed by atoms with E-state index in [4.69, 9.17) is 13.9 Å². The molecule has 1 heterocycles. The summed E-state index contributed by atoms with van der Waals surface area (Å²) in [7, 11) is 1.46. The van der Waals surface area contributed by atoms with E-state index >= 15 is 0 Å². The van der Waals surface area contributed by atoms with Crippen LogP contribution in [0.15, 0.2) is 57.7 Å². The van der Waals surface area contributed by atoms with Gasteiger partial charge in [-0.2, -0.15) is 0 Å². The minimum atomic E-state index is -0.898. The smallest absolute Gasteiger partial charge is 0.351 e. The molecule has 160 valence electrons. The number of para-hydroxylation sites is 1. The number of Topliss-reactive ketones (excluding diaryl/α,β-unsaturated/α-hetero) is 1.